The number of amides is 1. The first-order chi connectivity index (χ1) is 13.1. The summed E-state index contributed by atoms with van der Waals surface area (Å²) in [4.78, 5) is 29.3. The number of esters is 1. The second-order valence-electron chi connectivity index (χ2n) is 5.50. The normalized spacial score (nSPS) is 11.4. The van der Waals surface area contributed by atoms with Gasteiger partial charge in [0.25, 0.3) is 5.91 Å². The fourth-order valence-electron chi connectivity index (χ4n) is 2.58. The van der Waals surface area contributed by atoms with Crippen molar-refractivity contribution in [2.24, 2.45) is 4.99 Å². The van der Waals surface area contributed by atoms with Crippen molar-refractivity contribution in [2.45, 2.75) is 6.54 Å². The first-order valence-corrected chi connectivity index (χ1v) is 8.85. The molecule has 0 N–H and O–H groups in total. The average molecular weight is 386 g/mol. The molecule has 0 fully saturated rings. The SMILES string of the molecule is COC(=O)Cn1c(=NC(=O)c2cc(OC)ccc2OC)sc2ccccc21. The third-order valence-corrected chi connectivity index (χ3v) is 5.00. The zero-order valence-corrected chi connectivity index (χ0v) is 15.9. The largest absolute Gasteiger partial charge is 0.497 e. The summed E-state index contributed by atoms with van der Waals surface area (Å²) in [6.45, 7) is -0.0398. The molecule has 7 nitrogen and oxygen atoms in total. The van der Waals surface area contributed by atoms with Gasteiger partial charge in [-0.05, 0) is 30.3 Å². The number of nitrogens with zero attached hydrogens (tertiary/aromatic N) is 2. The fraction of sp³-hybridized carbons (Fsp3) is 0.211. The number of carbonyl (C=O) groups is 2. The summed E-state index contributed by atoms with van der Waals surface area (Å²) >= 11 is 1.32. The first kappa shape index (κ1) is 18.7. The van der Waals surface area contributed by atoms with E-state index in [1.54, 1.807) is 22.8 Å². The third kappa shape index (κ3) is 3.85. The highest BCUT2D eigenvalue weighted by molar-refractivity contribution is 7.16. The Bertz CT molecular complexity index is 1070. The molecule has 0 aliphatic rings. The maximum Gasteiger partial charge on any atom is 0.325 e. The molecule has 2 aromatic carbocycles. The molecule has 0 saturated heterocycles. The number of ether oxygens (including phenoxy) is 3. The Morgan fingerprint density at radius 1 is 1.07 bits per heavy atom. The summed E-state index contributed by atoms with van der Waals surface area (Å²) in [5, 5.41) is 0. The van der Waals surface area contributed by atoms with Gasteiger partial charge in [0.15, 0.2) is 4.80 Å². The highest BCUT2D eigenvalue weighted by Gasteiger charge is 2.15. The minimum absolute atomic E-state index is 0.0398. The Labute approximate surface area is 159 Å². The van der Waals surface area contributed by atoms with Crippen LogP contribution in [0.1, 0.15) is 10.4 Å². The highest BCUT2D eigenvalue weighted by Crippen LogP contribution is 2.25. The Balaban J connectivity index is 2.14. The Morgan fingerprint density at radius 2 is 1.85 bits per heavy atom. The molecule has 0 radical (unpaired) electrons. The van der Waals surface area contributed by atoms with E-state index in [4.69, 9.17) is 14.2 Å². The number of thiazole rings is 1. The number of hydrogen-bond donors (Lipinski definition) is 0. The summed E-state index contributed by atoms with van der Waals surface area (Å²) < 4.78 is 17.8. The molecular formula is C19H18N2O5S. The van der Waals surface area contributed by atoms with Crippen LogP contribution < -0.4 is 14.3 Å². The summed E-state index contributed by atoms with van der Waals surface area (Å²) in [5.74, 6) is 0.000594. The van der Waals surface area contributed by atoms with Crippen molar-refractivity contribution in [2.75, 3.05) is 21.3 Å². The zero-order chi connectivity index (χ0) is 19.4. The number of carbonyl (C=O) groups excluding carboxylic acids is 2. The lowest BCUT2D eigenvalue weighted by molar-refractivity contribution is -0.141. The average Bonchev–Trinajstić information content (AvgIpc) is 3.04. The van der Waals surface area contributed by atoms with Crippen LogP contribution in [0.3, 0.4) is 0 Å². The molecule has 0 unspecified atom stereocenters. The van der Waals surface area contributed by atoms with E-state index in [0.29, 0.717) is 16.3 Å². The number of benzene rings is 2. The van der Waals surface area contributed by atoms with Crippen molar-refractivity contribution in [1.82, 2.24) is 4.57 Å². The zero-order valence-electron chi connectivity index (χ0n) is 15.1. The molecule has 140 valence electrons. The molecule has 27 heavy (non-hydrogen) atoms. The molecule has 0 bridgehead atoms. The van der Waals surface area contributed by atoms with Crippen molar-refractivity contribution in [1.29, 1.82) is 0 Å². The lowest BCUT2D eigenvalue weighted by Crippen LogP contribution is -2.22. The molecule has 0 aliphatic carbocycles. The third-order valence-electron chi connectivity index (χ3n) is 3.94. The van der Waals surface area contributed by atoms with Gasteiger partial charge in [-0.15, -0.1) is 0 Å². The summed E-state index contributed by atoms with van der Waals surface area (Å²) in [6.07, 6.45) is 0. The van der Waals surface area contributed by atoms with Crippen LogP contribution in [0.25, 0.3) is 10.2 Å². The first-order valence-electron chi connectivity index (χ1n) is 8.03. The number of fused-ring (bicyclic) bond motifs is 1. The van der Waals surface area contributed by atoms with Gasteiger partial charge < -0.3 is 18.8 Å². The van der Waals surface area contributed by atoms with Crippen LogP contribution >= 0.6 is 11.3 Å². The molecule has 1 heterocycles. The summed E-state index contributed by atoms with van der Waals surface area (Å²) in [7, 11) is 4.32. The van der Waals surface area contributed by atoms with Gasteiger partial charge >= 0.3 is 5.97 Å². The van der Waals surface area contributed by atoms with Gasteiger partial charge in [-0.2, -0.15) is 4.99 Å². The standard InChI is InChI=1S/C19H18N2O5S/c1-24-12-8-9-15(25-2)13(10-12)18(23)20-19-21(11-17(22)26-3)14-6-4-5-7-16(14)27-19/h4-10H,11H2,1-3H3. The predicted octanol–water partition coefficient (Wildman–Crippen LogP) is 2.63. The molecule has 0 aliphatic heterocycles. The Morgan fingerprint density at radius 3 is 2.56 bits per heavy atom. The smallest absolute Gasteiger partial charge is 0.325 e. The molecule has 1 aromatic heterocycles. The van der Waals surface area contributed by atoms with Gasteiger partial charge in [0, 0.05) is 0 Å². The number of para-hydroxylation sites is 1. The van der Waals surface area contributed by atoms with Crippen LogP contribution in [-0.2, 0) is 16.1 Å². The van der Waals surface area contributed by atoms with Gasteiger partial charge in [-0.25, -0.2) is 0 Å². The van der Waals surface area contributed by atoms with E-state index in [0.717, 1.165) is 10.2 Å². The quantitative estimate of drug-likeness (QED) is 0.630. The lowest BCUT2D eigenvalue weighted by Gasteiger charge is -2.07. The summed E-state index contributed by atoms with van der Waals surface area (Å²) in [5.41, 5.74) is 1.08. The van der Waals surface area contributed by atoms with Crippen LogP contribution in [0, 0.1) is 0 Å². The topological polar surface area (TPSA) is 79.1 Å². The maximum atomic E-state index is 12.8. The van der Waals surface area contributed by atoms with Crippen molar-refractivity contribution < 1.29 is 23.8 Å². The van der Waals surface area contributed by atoms with Gasteiger partial charge in [-0.1, -0.05) is 23.5 Å². The molecule has 0 saturated carbocycles. The molecule has 8 heteroatoms. The van der Waals surface area contributed by atoms with Crippen LogP contribution in [0.15, 0.2) is 47.5 Å². The van der Waals surface area contributed by atoms with E-state index in [1.807, 2.05) is 24.3 Å². The Kier molecular flexibility index (Phi) is 5.56. The van der Waals surface area contributed by atoms with Crippen molar-refractivity contribution in [3.8, 4) is 11.5 Å². The van der Waals surface area contributed by atoms with Gasteiger partial charge in [-0.3, -0.25) is 9.59 Å². The summed E-state index contributed by atoms with van der Waals surface area (Å²) in [6, 6.07) is 12.4. The molecule has 3 rings (SSSR count). The second-order valence-corrected chi connectivity index (χ2v) is 6.51. The van der Waals surface area contributed by atoms with Crippen LogP contribution in [0.2, 0.25) is 0 Å². The molecule has 0 spiro atoms. The van der Waals surface area contributed by atoms with Crippen LogP contribution in [0.4, 0.5) is 0 Å². The van der Waals surface area contributed by atoms with E-state index in [1.165, 1.54) is 32.7 Å². The number of rotatable bonds is 5. The minimum atomic E-state index is -0.490. The molecule has 1 amide bonds. The van der Waals surface area contributed by atoms with Gasteiger partial charge in [0.1, 0.15) is 18.0 Å². The maximum absolute atomic E-state index is 12.8. The van der Waals surface area contributed by atoms with Crippen LogP contribution in [-0.4, -0.2) is 37.8 Å². The van der Waals surface area contributed by atoms with Crippen molar-refractivity contribution in [3.05, 3.63) is 52.8 Å². The number of methoxy groups -OCH3 is 3. The van der Waals surface area contributed by atoms with Crippen molar-refractivity contribution >= 4 is 33.4 Å². The van der Waals surface area contributed by atoms with E-state index in [-0.39, 0.29) is 12.1 Å². The van der Waals surface area contributed by atoms with E-state index in [2.05, 4.69) is 4.99 Å². The molecule has 3 aromatic rings. The second kappa shape index (κ2) is 8.05. The number of aromatic nitrogens is 1. The minimum Gasteiger partial charge on any atom is -0.497 e. The monoisotopic (exact) mass is 386 g/mol. The fourth-order valence-corrected chi connectivity index (χ4v) is 3.61. The van der Waals surface area contributed by atoms with E-state index in [9.17, 15) is 9.59 Å². The van der Waals surface area contributed by atoms with E-state index < -0.39 is 11.9 Å². The predicted molar refractivity (Wildman–Crippen MR) is 101 cm³/mol. The van der Waals surface area contributed by atoms with Crippen molar-refractivity contribution in [3.63, 3.8) is 0 Å². The lowest BCUT2D eigenvalue weighted by atomic mass is 10.2. The Hall–Kier alpha value is -3.13. The molecular weight excluding hydrogens is 368 g/mol. The molecule has 0 atom stereocenters. The highest BCUT2D eigenvalue weighted by atomic mass is 32.1. The van der Waals surface area contributed by atoms with Gasteiger partial charge in [0.05, 0.1) is 37.1 Å². The van der Waals surface area contributed by atoms with Gasteiger partial charge in [0.2, 0.25) is 0 Å². The van der Waals surface area contributed by atoms with Crippen LogP contribution in [0.5, 0.6) is 11.5 Å². The number of hydrogen-bond acceptors (Lipinski definition) is 6. The van der Waals surface area contributed by atoms with E-state index >= 15 is 0 Å².